The van der Waals surface area contributed by atoms with Gasteiger partial charge in [0.15, 0.2) is 0 Å². The summed E-state index contributed by atoms with van der Waals surface area (Å²) in [5, 5.41) is 9.08. The molecule has 0 saturated heterocycles. The molecule has 0 aliphatic heterocycles. The Bertz CT molecular complexity index is 632. The Morgan fingerprint density at radius 2 is 2.19 bits per heavy atom. The maximum atomic E-state index is 11.1. The zero-order valence-electron chi connectivity index (χ0n) is 12.8. The molecule has 0 radical (unpaired) electrons. The second-order valence-corrected chi connectivity index (χ2v) is 5.34. The van der Waals surface area contributed by atoms with Crippen molar-refractivity contribution in [1.29, 1.82) is 0 Å². The van der Waals surface area contributed by atoms with Crippen molar-refractivity contribution in [1.82, 2.24) is 9.55 Å². The van der Waals surface area contributed by atoms with Crippen molar-refractivity contribution in [2.45, 2.75) is 39.7 Å². The molecule has 21 heavy (non-hydrogen) atoms. The minimum Gasteiger partial charge on any atom is -0.478 e. The number of imidazole rings is 1. The van der Waals surface area contributed by atoms with Crippen LogP contribution in [0.4, 0.5) is 0 Å². The number of carboxylic acid groups (broad SMARTS) is 1. The average molecular weight is 290 g/mol. The van der Waals surface area contributed by atoms with Gasteiger partial charge in [-0.2, -0.15) is 0 Å². The number of hydrogen-bond acceptors (Lipinski definition) is 3. The lowest BCUT2D eigenvalue weighted by atomic mass is 10.2. The Kier molecular flexibility index (Phi) is 4.96. The van der Waals surface area contributed by atoms with Crippen molar-refractivity contribution in [3.8, 4) is 0 Å². The van der Waals surface area contributed by atoms with Crippen LogP contribution in [0.3, 0.4) is 0 Å². The molecule has 114 valence electrons. The number of carbonyl (C=O) groups is 1. The van der Waals surface area contributed by atoms with E-state index in [0.717, 1.165) is 43.0 Å². The van der Waals surface area contributed by atoms with Crippen molar-refractivity contribution < 1.29 is 14.6 Å². The quantitative estimate of drug-likeness (QED) is 0.795. The number of rotatable bonds is 7. The highest BCUT2D eigenvalue weighted by molar-refractivity contribution is 5.92. The van der Waals surface area contributed by atoms with E-state index < -0.39 is 5.97 Å². The summed E-state index contributed by atoms with van der Waals surface area (Å²) < 4.78 is 7.55. The van der Waals surface area contributed by atoms with Crippen LogP contribution in [0.1, 0.15) is 49.3 Å². The molecule has 0 atom stereocenters. The number of hydrogen-bond donors (Lipinski definition) is 1. The number of nitrogens with zero attached hydrogens (tertiary/aromatic N) is 2. The molecular weight excluding hydrogens is 268 g/mol. The lowest BCUT2D eigenvalue weighted by Crippen LogP contribution is -2.08. The fourth-order valence-corrected chi connectivity index (χ4v) is 2.43. The Labute approximate surface area is 124 Å². The molecule has 1 aromatic heterocycles. The zero-order valence-corrected chi connectivity index (χ0v) is 12.8. The standard InChI is InChI=1S/C16H22N2O3/c1-4-21-9-5-8-18-14-7-6-12(16(19)20)10-13(14)17-15(18)11(2)3/h6-7,10-11H,4-5,8-9H2,1-3H3,(H,19,20). The van der Waals surface area contributed by atoms with E-state index in [1.165, 1.54) is 0 Å². The van der Waals surface area contributed by atoms with Gasteiger partial charge in [-0.25, -0.2) is 9.78 Å². The average Bonchev–Trinajstić information content (AvgIpc) is 2.81. The predicted molar refractivity (Wildman–Crippen MR) is 81.9 cm³/mol. The van der Waals surface area contributed by atoms with Gasteiger partial charge in [-0.3, -0.25) is 0 Å². The van der Waals surface area contributed by atoms with Gasteiger partial charge < -0.3 is 14.4 Å². The van der Waals surface area contributed by atoms with Crippen molar-refractivity contribution in [2.75, 3.05) is 13.2 Å². The molecule has 1 heterocycles. The van der Waals surface area contributed by atoms with Crippen LogP contribution in [0.25, 0.3) is 11.0 Å². The van der Waals surface area contributed by atoms with E-state index in [4.69, 9.17) is 9.84 Å². The van der Waals surface area contributed by atoms with E-state index in [2.05, 4.69) is 23.4 Å². The highest BCUT2D eigenvalue weighted by Gasteiger charge is 2.15. The molecule has 0 bridgehead atoms. The van der Waals surface area contributed by atoms with E-state index in [0.29, 0.717) is 0 Å². The summed E-state index contributed by atoms with van der Waals surface area (Å²) in [6, 6.07) is 5.12. The molecule has 0 amide bonds. The normalized spacial score (nSPS) is 11.4. The van der Waals surface area contributed by atoms with Gasteiger partial charge in [0.1, 0.15) is 5.82 Å². The van der Waals surface area contributed by atoms with Crippen molar-refractivity contribution in [3.63, 3.8) is 0 Å². The van der Waals surface area contributed by atoms with Crippen LogP contribution in [0.2, 0.25) is 0 Å². The molecule has 0 aliphatic rings. The van der Waals surface area contributed by atoms with Gasteiger partial charge in [-0.15, -0.1) is 0 Å². The Morgan fingerprint density at radius 3 is 2.81 bits per heavy atom. The van der Waals surface area contributed by atoms with Gasteiger partial charge in [0.2, 0.25) is 0 Å². The smallest absolute Gasteiger partial charge is 0.335 e. The van der Waals surface area contributed by atoms with Gasteiger partial charge in [0.25, 0.3) is 0 Å². The summed E-state index contributed by atoms with van der Waals surface area (Å²) in [5.41, 5.74) is 2.01. The van der Waals surface area contributed by atoms with Gasteiger partial charge in [0.05, 0.1) is 16.6 Å². The van der Waals surface area contributed by atoms with Crippen LogP contribution in [0.15, 0.2) is 18.2 Å². The molecule has 0 fully saturated rings. The highest BCUT2D eigenvalue weighted by Crippen LogP contribution is 2.23. The number of carboxylic acids is 1. The molecule has 0 aliphatic carbocycles. The minimum absolute atomic E-state index is 0.275. The topological polar surface area (TPSA) is 64.4 Å². The van der Waals surface area contributed by atoms with E-state index in [1.807, 2.05) is 13.0 Å². The van der Waals surface area contributed by atoms with Gasteiger partial charge in [-0.05, 0) is 31.5 Å². The molecule has 1 N–H and O–H groups in total. The summed E-state index contributed by atoms with van der Waals surface area (Å²) in [4.78, 5) is 15.7. The number of aryl methyl sites for hydroxylation is 1. The summed E-state index contributed by atoms with van der Waals surface area (Å²) in [6.45, 7) is 8.46. The monoisotopic (exact) mass is 290 g/mol. The third-order valence-corrected chi connectivity index (χ3v) is 3.42. The third-order valence-electron chi connectivity index (χ3n) is 3.42. The van der Waals surface area contributed by atoms with Crippen LogP contribution < -0.4 is 0 Å². The number of aromatic nitrogens is 2. The number of aromatic carboxylic acids is 1. The Balaban J connectivity index is 2.36. The number of ether oxygens (including phenoxy) is 1. The van der Waals surface area contributed by atoms with Gasteiger partial charge in [0, 0.05) is 25.7 Å². The first-order valence-electron chi connectivity index (χ1n) is 7.35. The molecule has 2 rings (SSSR count). The molecule has 0 unspecified atom stereocenters. The number of fused-ring (bicyclic) bond motifs is 1. The second-order valence-electron chi connectivity index (χ2n) is 5.34. The zero-order chi connectivity index (χ0) is 15.4. The van der Waals surface area contributed by atoms with Crippen molar-refractivity contribution >= 4 is 17.0 Å². The fourth-order valence-electron chi connectivity index (χ4n) is 2.43. The third kappa shape index (κ3) is 3.42. The van der Waals surface area contributed by atoms with Crippen LogP contribution in [0, 0.1) is 0 Å². The van der Waals surface area contributed by atoms with Crippen molar-refractivity contribution in [3.05, 3.63) is 29.6 Å². The lowest BCUT2D eigenvalue weighted by molar-refractivity contribution is 0.0697. The van der Waals surface area contributed by atoms with Gasteiger partial charge in [-0.1, -0.05) is 13.8 Å². The van der Waals surface area contributed by atoms with E-state index >= 15 is 0 Å². The second kappa shape index (κ2) is 6.72. The van der Waals surface area contributed by atoms with Crippen LogP contribution >= 0.6 is 0 Å². The minimum atomic E-state index is -0.922. The lowest BCUT2D eigenvalue weighted by Gasteiger charge is -2.11. The molecule has 5 nitrogen and oxygen atoms in total. The fraction of sp³-hybridized carbons (Fsp3) is 0.500. The first-order chi connectivity index (χ1) is 10.0. The Hall–Kier alpha value is -1.88. The SMILES string of the molecule is CCOCCCn1c(C(C)C)nc2cc(C(=O)O)ccc21. The molecule has 2 aromatic rings. The maximum Gasteiger partial charge on any atom is 0.335 e. The Morgan fingerprint density at radius 1 is 1.43 bits per heavy atom. The summed E-state index contributed by atoms with van der Waals surface area (Å²) >= 11 is 0. The molecule has 5 heteroatoms. The van der Waals surface area contributed by atoms with Gasteiger partial charge >= 0.3 is 5.97 Å². The first kappa shape index (κ1) is 15.5. The highest BCUT2D eigenvalue weighted by atomic mass is 16.5. The molecule has 0 saturated carbocycles. The van der Waals surface area contributed by atoms with E-state index in [9.17, 15) is 4.79 Å². The number of benzene rings is 1. The molecule has 1 aromatic carbocycles. The summed E-state index contributed by atoms with van der Waals surface area (Å²) in [7, 11) is 0. The largest absolute Gasteiger partial charge is 0.478 e. The molecule has 0 spiro atoms. The van der Waals surface area contributed by atoms with Crippen LogP contribution in [-0.2, 0) is 11.3 Å². The predicted octanol–water partition coefficient (Wildman–Crippen LogP) is 3.28. The summed E-state index contributed by atoms with van der Waals surface area (Å²) in [5.74, 6) is 0.357. The van der Waals surface area contributed by atoms with E-state index in [1.54, 1.807) is 12.1 Å². The van der Waals surface area contributed by atoms with Crippen LogP contribution in [0.5, 0.6) is 0 Å². The van der Waals surface area contributed by atoms with E-state index in [-0.39, 0.29) is 11.5 Å². The maximum absolute atomic E-state index is 11.1. The summed E-state index contributed by atoms with van der Waals surface area (Å²) in [6.07, 6.45) is 0.916. The molecular formula is C16H22N2O3. The van der Waals surface area contributed by atoms with Crippen molar-refractivity contribution in [2.24, 2.45) is 0 Å². The first-order valence-corrected chi connectivity index (χ1v) is 7.35. The van der Waals surface area contributed by atoms with Crippen LogP contribution in [-0.4, -0.2) is 33.8 Å².